The largest absolute Gasteiger partial charge is 0.464 e. The van der Waals surface area contributed by atoms with Crippen LogP contribution in [0.15, 0.2) is 29.2 Å². The van der Waals surface area contributed by atoms with Crippen molar-refractivity contribution in [1.29, 1.82) is 0 Å². The molecule has 3 aliphatic rings. The summed E-state index contributed by atoms with van der Waals surface area (Å²) in [6, 6.07) is 4.37. The van der Waals surface area contributed by atoms with Crippen molar-refractivity contribution in [1.82, 2.24) is 4.72 Å². The average molecular weight is 517 g/mol. The normalized spacial score (nSPS) is 33.4. The minimum absolute atomic E-state index is 0.0710. The van der Waals surface area contributed by atoms with Gasteiger partial charge in [-0.25, -0.2) is 8.42 Å². The summed E-state index contributed by atoms with van der Waals surface area (Å²) in [6.07, 6.45) is -3.83. The average Bonchev–Trinajstić information content (AvgIpc) is 3.35. The Hall–Kier alpha value is -2.20. The molecule has 0 saturated carbocycles. The molecule has 1 aromatic rings. The Morgan fingerprint density at radius 3 is 2.31 bits per heavy atom. The predicted octanol–water partition coefficient (Wildman–Crippen LogP) is 1.20. The van der Waals surface area contributed by atoms with Crippen molar-refractivity contribution in [3.63, 3.8) is 0 Å². The van der Waals surface area contributed by atoms with Gasteiger partial charge in [0, 0.05) is 19.1 Å². The van der Waals surface area contributed by atoms with Crippen molar-refractivity contribution in [2.24, 2.45) is 0 Å². The Bertz CT molecular complexity index is 1100. The number of non-ortho nitro benzene ring substituents is 1. The fourth-order valence-corrected chi connectivity index (χ4v) is 5.88. The lowest BCUT2D eigenvalue weighted by Crippen LogP contribution is -2.67. The summed E-state index contributed by atoms with van der Waals surface area (Å²) in [5.41, 5.74) is -1.95. The molecule has 4 rings (SSSR count). The first-order valence-corrected chi connectivity index (χ1v) is 12.4. The van der Waals surface area contributed by atoms with Gasteiger partial charge in [0.1, 0.15) is 30.5 Å². The van der Waals surface area contributed by atoms with Gasteiger partial charge in [0.15, 0.2) is 17.9 Å². The molecule has 0 radical (unpaired) electrons. The number of nitrogens with one attached hydrogen (secondary N) is 1. The van der Waals surface area contributed by atoms with Gasteiger partial charge in [0.05, 0.1) is 16.4 Å². The second kappa shape index (κ2) is 8.73. The summed E-state index contributed by atoms with van der Waals surface area (Å²) < 4.78 is 64.6. The highest BCUT2D eigenvalue weighted by atomic mass is 32.2. The van der Waals surface area contributed by atoms with Gasteiger partial charge in [-0.3, -0.25) is 14.9 Å². The van der Waals surface area contributed by atoms with E-state index in [9.17, 15) is 23.3 Å². The lowest BCUT2D eigenvalue weighted by atomic mass is 9.87. The van der Waals surface area contributed by atoms with Crippen LogP contribution in [0.5, 0.6) is 0 Å². The minimum atomic E-state index is -4.34. The van der Waals surface area contributed by atoms with Crippen molar-refractivity contribution >= 4 is 21.7 Å². The Balaban J connectivity index is 1.76. The van der Waals surface area contributed by atoms with Crippen LogP contribution in [-0.4, -0.2) is 74.2 Å². The summed E-state index contributed by atoms with van der Waals surface area (Å²) >= 11 is 0. The highest BCUT2D eigenvalue weighted by molar-refractivity contribution is 7.89. The molecule has 13 nitrogen and oxygen atoms in total. The number of benzene rings is 1. The maximum atomic E-state index is 13.5. The second-order valence-electron chi connectivity index (χ2n) is 9.53. The smallest absolute Gasteiger partial charge is 0.302 e. The molecule has 0 aliphatic carbocycles. The summed E-state index contributed by atoms with van der Waals surface area (Å²) in [4.78, 5) is 21.9. The quantitative estimate of drug-likeness (QED) is 0.315. The minimum Gasteiger partial charge on any atom is -0.464 e. The molecule has 194 valence electrons. The second-order valence-corrected chi connectivity index (χ2v) is 11.2. The molecule has 0 bridgehead atoms. The number of hydrogen-bond acceptors (Lipinski definition) is 11. The zero-order chi connectivity index (χ0) is 25.8. The van der Waals surface area contributed by atoms with Crippen LogP contribution < -0.4 is 4.72 Å². The highest BCUT2D eigenvalue weighted by Crippen LogP contribution is 2.47. The molecule has 1 aromatic carbocycles. The van der Waals surface area contributed by atoms with E-state index in [1.807, 2.05) is 0 Å². The number of carbonyl (C=O) groups excluding carboxylic acids is 1. The van der Waals surface area contributed by atoms with Crippen LogP contribution in [-0.2, 0) is 43.2 Å². The van der Waals surface area contributed by atoms with Gasteiger partial charge in [-0.2, -0.15) is 4.72 Å². The van der Waals surface area contributed by atoms with E-state index in [1.165, 1.54) is 6.92 Å². The lowest BCUT2D eigenvalue weighted by molar-refractivity contribution is -0.384. The van der Waals surface area contributed by atoms with Gasteiger partial charge in [-0.1, -0.05) is 0 Å². The molecule has 5 atom stereocenters. The lowest BCUT2D eigenvalue weighted by Gasteiger charge is -2.39. The SMILES string of the molecule is CC(=O)OC[C@@]1(NS(=O)(=O)c2ccc([N+](=O)[O-])cc2)[C@@H]([C@H]2COC(C)(C)O2)O[C@@H]2OC(C)(C)O[C@@H]21. The van der Waals surface area contributed by atoms with Crippen molar-refractivity contribution < 1.29 is 46.6 Å². The fraction of sp³-hybridized carbons (Fsp3) is 0.667. The third-order valence-electron chi connectivity index (χ3n) is 5.92. The van der Waals surface area contributed by atoms with Crippen molar-refractivity contribution in [3.8, 4) is 0 Å². The molecule has 0 unspecified atom stereocenters. The van der Waals surface area contributed by atoms with Gasteiger partial charge in [-0.05, 0) is 39.8 Å². The number of fused-ring (bicyclic) bond motifs is 1. The first kappa shape index (κ1) is 25.9. The molecule has 1 N–H and O–H groups in total. The van der Waals surface area contributed by atoms with E-state index in [0.717, 1.165) is 24.3 Å². The van der Waals surface area contributed by atoms with E-state index in [4.69, 9.17) is 28.4 Å². The summed E-state index contributed by atoms with van der Waals surface area (Å²) in [7, 11) is -4.34. The van der Waals surface area contributed by atoms with Gasteiger partial charge in [0.25, 0.3) is 5.69 Å². The molecule has 3 aliphatic heterocycles. The standard InChI is InChI=1S/C21H28N2O11S/c1-12(24)29-11-21(22-35(27,28)14-8-6-13(7-9-14)23(25)26)16(15-10-30-19(2,3)32-15)31-18-17(21)33-20(4,5)34-18/h6-9,15-18,22H,10-11H2,1-5H3/t15-,16-,17+,18-,21-/m1/s1. The molecule has 0 spiro atoms. The van der Waals surface area contributed by atoms with Crippen molar-refractivity contribution in [2.45, 2.75) is 81.2 Å². The van der Waals surface area contributed by atoms with Crippen molar-refractivity contribution in [2.75, 3.05) is 13.2 Å². The number of carbonyl (C=O) groups is 1. The number of ether oxygens (including phenoxy) is 6. The third kappa shape index (κ3) is 5.05. The van der Waals surface area contributed by atoms with E-state index < -0.39 is 69.2 Å². The molecule has 3 fully saturated rings. The van der Waals surface area contributed by atoms with Gasteiger partial charge in [-0.15, -0.1) is 0 Å². The van der Waals surface area contributed by atoms with E-state index in [1.54, 1.807) is 27.7 Å². The first-order chi connectivity index (χ1) is 16.1. The fourth-order valence-electron chi connectivity index (χ4n) is 4.48. The van der Waals surface area contributed by atoms with Crippen LogP contribution >= 0.6 is 0 Å². The maximum Gasteiger partial charge on any atom is 0.302 e. The topological polar surface area (TPSA) is 162 Å². The molecule has 3 saturated heterocycles. The summed E-state index contributed by atoms with van der Waals surface area (Å²) in [6.45, 7) is 7.49. The highest BCUT2D eigenvalue weighted by Gasteiger charge is 2.68. The molecular weight excluding hydrogens is 488 g/mol. The summed E-state index contributed by atoms with van der Waals surface area (Å²) in [5, 5.41) is 11.0. The molecule has 35 heavy (non-hydrogen) atoms. The van der Waals surface area contributed by atoms with Crippen LogP contribution in [0.3, 0.4) is 0 Å². The van der Waals surface area contributed by atoms with E-state index >= 15 is 0 Å². The molecule has 14 heteroatoms. The Kier molecular flexibility index (Phi) is 6.45. The zero-order valence-electron chi connectivity index (χ0n) is 19.9. The maximum absolute atomic E-state index is 13.5. The van der Waals surface area contributed by atoms with E-state index in [0.29, 0.717) is 0 Å². The number of hydrogen-bond donors (Lipinski definition) is 1. The Labute approximate surface area is 202 Å². The first-order valence-electron chi connectivity index (χ1n) is 10.9. The predicted molar refractivity (Wildman–Crippen MR) is 116 cm³/mol. The third-order valence-corrected chi connectivity index (χ3v) is 7.46. The Morgan fingerprint density at radius 2 is 1.77 bits per heavy atom. The summed E-state index contributed by atoms with van der Waals surface area (Å²) in [5.74, 6) is -2.73. The number of nitro groups is 1. The number of nitrogens with zero attached hydrogens (tertiary/aromatic N) is 1. The molecule has 3 heterocycles. The number of esters is 1. The number of rotatable bonds is 7. The van der Waals surface area contributed by atoms with Crippen LogP contribution in [0.4, 0.5) is 5.69 Å². The van der Waals surface area contributed by atoms with Crippen LogP contribution in [0, 0.1) is 10.1 Å². The van der Waals surface area contributed by atoms with Gasteiger partial charge in [0.2, 0.25) is 10.0 Å². The number of sulfonamides is 1. The van der Waals surface area contributed by atoms with Crippen LogP contribution in [0.2, 0.25) is 0 Å². The monoisotopic (exact) mass is 516 g/mol. The zero-order valence-corrected chi connectivity index (χ0v) is 20.7. The molecular formula is C21H28N2O11S. The van der Waals surface area contributed by atoms with Crippen molar-refractivity contribution in [3.05, 3.63) is 34.4 Å². The number of nitro benzene ring substituents is 1. The van der Waals surface area contributed by atoms with Crippen LogP contribution in [0.25, 0.3) is 0 Å². The Morgan fingerprint density at radius 1 is 1.11 bits per heavy atom. The van der Waals surface area contributed by atoms with Gasteiger partial charge < -0.3 is 28.4 Å². The van der Waals surface area contributed by atoms with E-state index in [-0.39, 0.29) is 17.2 Å². The van der Waals surface area contributed by atoms with Gasteiger partial charge >= 0.3 is 5.97 Å². The molecule has 0 amide bonds. The molecule has 0 aromatic heterocycles. The van der Waals surface area contributed by atoms with Crippen LogP contribution in [0.1, 0.15) is 34.6 Å². The van der Waals surface area contributed by atoms with E-state index in [2.05, 4.69) is 4.72 Å².